The molecule has 1 aromatic carbocycles. The van der Waals surface area contributed by atoms with Crippen LogP contribution in [0.2, 0.25) is 0 Å². The van der Waals surface area contributed by atoms with E-state index in [0.717, 1.165) is 11.1 Å². The lowest BCUT2D eigenvalue weighted by atomic mass is 10.1. The molecule has 0 atom stereocenters. The minimum atomic E-state index is 0.0445. The molecule has 0 bridgehead atoms. The molecule has 0 radical (unpaired) electrons. The summed E-state index contributed by atoms with van der Waals surface area (Å²) in [5, 5.41) is 0. The Labute approximate surface area is 88.8 Å². The highest BCUT2D eigenvalue weighted by Gasteiger charge is 2.03. The molecule has 76 valence electrons. The number of nitrogens with zero attached hydrogens (tertiary/aromatic N) is 1. The first kappa shape index (κ1) is 9.71. The van der Waals surface area contributed by atoms with Crippen molar-refractivity contribution in [3.8, 4) is 11.1 Å². The molecule has 2 heteroatoms. The summed E-state index contributed by atoms with van der Waals surface area (Å²) in [6.07, 6.45) is 1.77. The summed E-state index contributed by atoms with van der Waals surface area (Å²) in [4.78, 5) is 11.8. The second-order valence-electron chi connectivity index (χ2n) is 3.71. The smallest absolute Gasteiger partial charge is 0.258 e. The Morgan fingerprint density at radius 2 is 1.93 bits per heavy atom. The van der Waals surface area contributed by atoms with Crippen molar-refractivity contribution in [2.75, 3.05) is 0 Å². The van der Waals surface area contributed by atoms with Crippen molar-refractivity contribution < 1.29 is 0 Å². The van der Waals surface area contributed by atoms with Gasteiger partial charge in [0.05, 0.1) is 0 Å². The Morgan fingerprint density at radius 1 is 1.13 bits per heavy atom. The fourth-order valence-electron chi connectivity index (χ4n) is 1.63. The zero-order valence-corrected chi connectivity index (χ0v) is 8.90. The Kier molecular flexibility index (Phi) is 2.42. The quantitative estimate of drug-likeness (QED) is 0.691. The van der Waals surface area contributed by atoms with E-state index in [9.17, 15) is 4.79 Å². The lowest BCUT2D eigenvalue weighted by molar-refractivity contribution is 0.863. The van der Waals surface area contributed by atoms with Gasteiger partial charge < -0.3 is 4.57 Å². The van der Waals surface area contributed by atoms with E-state index in [1.54, 1.807) is 17.8 Å². The van der Waals surface area contributed by atoms with E-state index in [-0.39, 0.29) is 5.56 Å². The molecule has 0 amide bonds. The summed E-state index contributed by atoms with van der Waals surface area (Å²) in [5.74, 6) is 0. The molecule has 0 unspecified atom stereocenters. The lowest BCUT2D eigenvalue weighted by Gasteiger charge is -2.03. The number of hydrogen-bond acceptors (Lipinski definition) is 1. The minimum Gasteiger partial charge on any atom is -0.318 e. The van der Waals surface area contributed by atoms with Crippen LogP contribution in [-0.2, 0) is 7.05 Å². The third-order valence-corrected chi connectivity index (χ3v) is 2.45. The van der Waals surface area contributed by atoms with Gasteiger partial charge in [-0.2, -0.15) is 0 Å². The SMILES string of the molecule is Cc1cccc(-c2cccn(C)c2=O)c1. The molecule has 0 spiro atoms. The van der Waals surface area contributed by atoms with Gasteiger partial charge in [0.15, 0.2) is 0 Å². The van der Waals surface area contributed by atoms with Crippen LogP contribution in [-0.4, -0.2) is 4.57 Å². The molecule has 0 saturated heterocycles. The topological polar surface area (TPSA) is 22.0 Å². The van der Waals surface area contributed by atoms with E-state index in [4.69, 9.17) is 0 Å². The van der Waals surface area contributed by atoms with Gasteiger partial charge in [0.1, 0.15) is 0 Å². The van der Waals surface area contributed by atoms with Gasteiger partial charge >= 0.3 is 0 Å². The van der Waals surface area contributed by atoms with Gasteiger partial charge in [0.2, 0.25) is 0 Å². The second-order valence-corrected chi connectivity index (χ2v) is 3.71. The molecule has 1 aromatic heterocycles. The highest BCUT2D eigenvalue weighted by atomic mass is 16.1. The number of benzene rings is 1. The molecule has 2 nitrogen and oxygen atoms in total. The van der Waals surface area contributed by atoms with E-state index in [1.165, 1.54) is 5.56 Å². The van der Waals surface area contributed by atoms with Gasteiger partial charge in [-0.15, -0.1) is 0 Å². The first-order valence-electron chi connectivity index (χ1n) is 4.91. The Morgan fingerprint density at radius 3 is 2.67 bits per heavy atom. The first-order valence-corrected chi connectivity index (χ1v) is 4.91. The van der Waals surface area contributed by atoms with Crippen LogP contribution < -0.4 is 5.56 Å². The van der Waals surface area contributed by atoms with Crippen molar-refractivity contribution in [3.63, 3.8) is 0 Å². The summed E-state index contributed by atoms with van der Waals surface area (Å²) in [6.45, 7) is 2.02. The second kappa shape index (κ2) is 3.73. The predicted octanol–water partition coefficient (Wildman–Crippen LogP) is 2.36. The molecule has 0 aliphatic rings. The van der Waals surface area contributed by atoms with Crippen LogP contribution in [0.1, 0.15) is 5.56 Å². The fraction of sp³-hybridized carbons (Fsp3) is 0.154. The van der Waals surface area contributed by atoms with Gasteiger partial charge in [-0.3, -0.25) is 4.79 Å². The van der Waals surface area contributed by atoms with Gasteiger partial charge in [-0.25, -0.2) is 0 Å². The molecular formula is C13H13NO. The van der Waals surface area contributed by atoms with Crippen LogP contribution >= 0.6 is 0 Å². The summed E-state index contributed by atoms with van der Waals surface area (Å²) < 4.78 is 1.59. The van der Waals surface area contributed by atoms with E-state index < -0.39 is 0 Å². The number of aryl methyl sites for hydroxylation is 2. The summed E-state index contributed by atoms with van der Waals surface area (Å²) >= 11 is 0. The van der Waals surface area contributed by atoms with Crippen molar-refractivity contribution >= 4 is 0 Å². The van der Waals surface area contributed by atoms with Crippen LogP contribution in [0.4, 0.5) is 0 Å². The highest BCUT2D eigenvalue weighted by Crippen LogP contribution is 2.15. The Bertz CT molecular complexity index is 540. The molecule has 1 heterocycles. The third-order valence-electron chi connectivity index (χ3n) is 2.45. The van der Waals surface area contributed by atoms with Crippen molar-refractivity contribution in [1.82, 2.24) is 4.57 Å². The predicted molar refractivity (Wildman–Crippen MR) is 61.9 cm³/mol. The highest BCUT2D eigenvalue weighted by molar-refractivity contribution is 5.62. The maximum atomic E-state index is 11.8. The molecule has 0 saturated carbocycles. The normalized spacial score (nSPS) is 10.3. The number of hydrogen-bond donors (Lipinski definition) is 0. The number of pyridine rings is 1. The zero-order valence-electron chi connectivity index (χ0n) is 8.90. The standard InChI is InChI=1S/C13H13NO/c1-10-5-3-6-11(9-10)12-7-4-8-14(2)13(12)15/h3-9H,1-2H3. The van der Waals surface area contributed by atoms with Crippen molar-refractivity contribution in [2.45, 2.75) is 6.92 Å². The van der Waals surface area contributed by atoms with Crippen LogP contribution in [0, 0.1) is 6.92 Å². The minimum absolute atomic E-state index is 0.0445. The first-order chi connectivity index (χ1) is 7.18. The van der Waals surface area contributed by atoms with Gasteiger partial charge in [-0.1, -0.05) is 29.8 Å². The number of rotatable bonds is 1. The Hall–Kier alpha value is -1.83. The molecule has 0 fully saturated rings. The van der Waals surface area contributed by atoms with Gasteiger partial charge in [0, 0.05) is 18.8 Å². The third kappa shape index (κ3) is 1.84. The summed E-state index contributed by atoms with van der Waals surface area (Å²) in [6, 6.07) is 11.7. The van der Waals surface area contributed by atoms with E-state index in [2.05, 4.69) is 0 Å². The average Bonchev–Trinajstić information content (AvgIpc) is 2.22. The molecule has 2 rings (SSSR count). The number of aromatic nitrogens is 1. The maximum Gasteiger partial charge on any atom is 0.258 e. The summed E-state index contributed by atoms with van der Waals surface area (Å²) in [5.41, 5.74) is 2.95. The monoisotopic (exact) mass is 199 g/mol. The molecular weight excluding hydrogens is 186 g/mol. The fourth-order valence-corrected chi connectivity index (χ4v) is 1.63. The largest absolute Gasteiger partial charge is 0.318 e. The molecule has 2 aromatic rings. The van der Waals surface area contributed by atoms with Crippen molar-refractivity contribution in [3.05, 3.63) is 58.5 Å². The van der Waals surface area contributed by atoms with E-state index in [1.807, 2.05) is 43.3 Å². The molecule has 15 heavy (non-hydrogen) atoms. The van der Waals surface area contributed by atoms with Crippen LogP contribution in [0.5, 0.6) is 0 Å². The van der Waals surface area contributed by atoms with Crippen LogP contribution in [0.3, 0.4) is 0 Å². The van der Waals surface area contributed by atoms with Gasteiger partial charge in [0.25, 0.3) is 5.56 Å². The average molecular weight is 199 g/mol. The maximum absolute atomic E-state index is 11.8. The van der Waals surface area contributed by atoms with E-state index in [0.29, 0.717) is 0 Å². The van der Waals surface area contributed by atoms with Crippen LogP contribution in [0.25, 0.3) is 11.1 Å². The van der Waals surface area contributed by atoms with Crippen molar-refractivity contribution in [1.29, 1.82) is 0 Å². The molecule has 0 aliphatic carbocycles. The summed E-state index contributed by atoms with van der Waals surface area (Å²) in [7, 11) is 1.77. The zero-order chi connectivity index (χ0) is 10.8. The van der Waals surface area contributed by atoms with Crippen LogP contribution in [0.15, 0.2) is 47.4 Å². The van der Waals surface area contributed by atoms with Crippen molar-refractivity contribution in [2.24, 2.45) is 7.05 Å². The van der Waals surface area contributed by atoms with Gasteiger partial charge in [-0.05, 0) is 24.6 Å². The Balaban J connectivity index is 2.65. The molecule has 0 N–H and O–H groups in total. The van der Waals surface area contributed by atoms with E-state index >= 15 is 0 Å². The lowest BCUT2D eigenvalue weighted by Crippen LogP contribution is -2.17. The molecule has 0 aliphatic heterocycles.